The van der Waals surface area contributed by atoms with E-state index < -0.39 is 23.2 Å². The lowest BCUT2D eigenvalue weighted by molar-refractivity contribution is -0.160. The van der Waals surface area contributed by atoms with Crippen LogP contribution in [0, 0.1) is 0 Å². The van der Waals surface area contributed by atoms with Crippen LogP contribution in [0.3, 0.4) is 0 Å². The molecule has 0 aromatic heterocycles. The van der Waals surface area contributed by atoms with Crippen LogP contribution in [0.1, 0.15) is 37.5 Å². The van der Waals surface area contributed by atoms with Gasteiger partial charge in [-0.05, 0) is 37.5 Å². The molecule has 0 spiro atoms. The number of nitrogens with one attached hydrogen (secondary N) is 2. The first-order valence-corrected chi connectivity index (χ1v) is 20.5. The molecule has 0 saturated heterocycles. The zero-order valence-corrected chi connectivity index (χ0v) is 32.9. The third-order valence-corrected chi connectivity index (χ3v) is 9.73. The summed E-state index contributed by atoms with van der Waals surface area (Å²) in [6, 6.07) is 31.7. The summed E-state index contributed by atoms with van der Waals surface area (Å²) < 4.78 is 37.4. The van der Waals surface area contributed by atoms with Gasteiger partial charge in [-0.2, -0.15) is 0 Å². The van der Waals surface area contributed by atoms with Crippen LogP contribution in [0.5, 0.6) is 0 Å². The quantitative estimate of drug-likeness (QED) is 0.0384. The van der Waals surface area contributed by atoms with Gasteiger partial charge in [-0.25, -0.2) is 9.59 Å². The van der Waals surface area contributed by atoms with Crippen molar-refractivity contribution < 1.29 is 42.7 Å². The highest BCUT2D eigenvalue weighted by Crippen LogP contribution is 2.36. The van der Waals surface area contributed by atoms with Crippen LogP contribution in [-0.2, 0) is 43.5 Å². The Kier molecular flexibility index (Phi) is 22.2. The highest BCUT2D eigenvalue weighted by molar-refractivity contribution is 8.76. The van der Waals surface area contributed by atoms with Crippen LogP contribution < -0.4 is 10.6 Å². The highest BCUT2D eigenvalue weighted by atomic mass is 33.1. The second-order valence-electron chi connectivity index (χ2n) is 12.6. The van der Waals surface area contributed by atoms with Gasteiger partial charge in [0, 0.05) is 24.6 Å². The van der Waals surface area contributed by atoms with E-state index in [1.165, 1.54) is 16.7 Å². The predicted molar refractivity (Wildman–Crippen MR) is 211 cm³/mol. The van der Waals surface area contributed by atoms with E-state index >= 15 is 0 Å². The monoisotopic (exact) mass is 772 g/mol. The first-order chi connectivity index (χ1) is 25.8. The summed E-state index contributed by atoms with van der Waals surface area (Å²) in [5, 5.41) is 6.68. The maximum atomic E-state index is 12.0. The molecule has 1 amide bonds. The molecule has 13 heteroatoms. The number of alkyl carbamates (subject to hydrolysis) is 1. The molecule has 0 bridgehead atoms. The number of hydrogen-bond acceptors (Lipinski definition) is 12. The molecule has 0 radical (unpaired) electrons. The van der Waals surface area contributed by atoms with Gasteiger partial charge in [-0.3, -0.25) is 5.32 Å². The molecule has 3 aromatic carbocycles. The van der Waals surface area contributed by atoms with Crippen LogP contribution in [0.15, 0.2) is 91.0 Å². The van der Waals surface area contributed by atoms with E-state index in [1.807, 2.05) is 39.0 Å². The Hall–Kier alpha value is -3.14. The average molecular weight is 773 g/mol. The number of carbonyl (C=O) groups is 2. The Morgan fingerprint density at radius 3 is 1.38 bits per heavy atom. The Morgan fingerprint density at radius 2 is 0.943 bits per heavy atom. The Balaban J connectivity index is 1.13. The van der Waals surface area contributed by atoms with Gasteiger partial charge in [0.2, 0.25) is 0 Å². The lowest BCUT2D eigenvalue weighted by Gasteiger charge is -2.37. The van der Waals surface area contributed by atoms with Crippen molar-refractivity contribution >= 4 is 33.7 Å². The number of ether oxygens (including phenoxy) is 7. The van der Waals surface area contributed by atoms with E-state index in [2.05, 4.69) is 83.4 Å². The minimum absolute atomic E-state index is 0.0944. The van der Waals surface area contributed by atoms with Crippen molar-refractivity contribution in [2.24, 2.45) is 0 Å². The van der Waals surface area contributed by atoms with E-state index in [0.29, 0.717) is 66.0 Å². The fourth-order valence-electron chi connectivity index (χ4n) is 5.11. The zero-order chi connectivity index (χ0) is 37.9. The van der Waals surface area contributed by atoms with Crippen LogP contribution in [0.2, 0.25) is 0 Å². The maximum absolute atomic E-state index is 12.0. The van der Waals surface area contributed by atoms with E-state index in [0.717, 1.165) is 18.1 Å². The third kappa shape index (κ3) is 18.6. The number of hydrogen-bond donors (Lipinski definition) is 2. The molecule has 0 aliphatic rings. The van der Waals surface area contributed by atoms with Gasteiger partial charge in [-0.15, -0.1) is 0 Å². The molecule has 53 heavy (non-hydrogen) atoms. The largest absolute Gasteiger partial charge is 0.458 e. The summed E-state index contributed by atoms with van der Waals surface area (Å²) in [6.45, 7) is 10.3. The lowest BCUT2D eigenvalue weighted by atomic mass is 9.77. The van der Waals surface area contributed by atoms with Crippen LogP contribution in [0.25, 0.3) is 0 Å². The topological polar surface area (TPSA) is 123 Å². The number of amides is 1. The highest BCUT2D eigenvalue weighted by Gasteiger charge is 2.35. The Labute approximate surface area is 322 Å². The van der Waals surface area contributed by atoms with Gasteiger partial charge < -0.3 is 38.5 Å². The van der Waals surface area contributed by atoms with Crippen molar-refractivity contribution in [3.63, 3.8) is 0 Å². The second kappa shape index (κ2) is 26.6. The molecule has 3 aromatic rings. The third-order valence-electron chi connectivity index (χ3n) is 7.32. The standard InChI is InChI=1S/C40H56N2O9S2/c1-39(2,3)51-37(43)33-49-28-27-47-24-23-45-21-22-46-25-26-48-29-30-50-38(44)41-19-31-52-53-32-20-42-40(34-13-7-4-8-14-34,35-15-9-5-10-16-35)36-17-11-6-12-18-36/h4-18,42H,19-33H2,1-3H3,(H,41,44). The van der Waals surface area contributed by atoms with Gasteiger partial charge in [0.1, 0.15) is 18.8 Å². The Morgan fingerprint density at radius 1 is 0.547 bits per heavy atom. The predicted octanol–water partition coefficient (Wildman–Crippen LogP) is 6.10. The minimum Gasteiger partial charge on any atom is -0.458 e. The number of carbonyl (C=O) groups excluding carboxylic acids is 2. The van der Waals surface area contributed by atoms with Crippen molar-refractivity contribution in [2.75, 3.05) is 97.3 Å². The molecule has 292 valence electrons. The average Bonchev–Trinajstić information content (AvgIpc) is 3.16. The van der Waals surface area contributed by atoms with Gasteiger partial charge in [0.15, 0.2) is 0 Å². The molecule has 11 nitrogen and oxygen atoms in total. The molecule has 0 atom stereocenters. The molecule has 0 aliphatic heterocycles. The smallest absolute Gasteiger partial charge is 0.407 e. The summed E-state index contributed by atoms with van der Waals surface area (Å²) in [4.78, 5) is 23.6. The van der Waals surface area contributed by atoms with Crippen molar-refractivity contribution in [3.05, 3.63) is 108 Å². The normalized spacial score (nSPS) is 11.7. The van der Waals surface area contributed by atoms with E-state index in [9.17, 15) is 9.59 Å². The molecule has 0 unspecified atom stereocenters. The number of esters is 1. The molecular weight excluding hydrogens is 717 g/mol. The first kappa shape index (κ1) is 44.3. The van der Waals surface area contributed by atoms with Crippen LogP contribution in [0.4, 0.5) is 4.79 Å². The zero-order valence-electron chi connectivity index (χ0n) is 31.3. The van der Waals surface area contributed by atoms with Crippen molar-refractivity contribution in [3.8, 4) is 0 Å². The molecule has 0 heterocycles. The van der Waals surface area contributed by atoms with Crippen molar-refractivity contribution in [1.82, 2.24) is 10.6 Å². The van der Waals surface area contributed by atoms with E-state index in [4.69, 9.17) is 33.2 Å². The van der Waals surface area contributed by atoms with Crippen LogP contribution >= 0.6 is 21.6 Å². The van der Waals surface area contributed by atoms with Gasteiger partial charge >= 0.3 is 12.1 Å². The number of benzene rings is 3. The van der Waals surface area contributed by atoms with Crippen LogP contribution in [-0.4, -0.2) is 115 Å². The van der Waals surface area contributed by atoms with E-state index in [-0.39, 0.29) is 13.2 Å². The Bertz CT molecular complexity index is 1290. The fraction of sp³-hybridized carbons (Fsp3) is 0.500. The number of rotatable bonds is 28. The van der Waals surface area contributed by atoms with Gasteiger partial charge in [-0.1, -0.05) is 113 Å². The van der Waals surface area contributed by atoms with E-state index in [1.54, 1.807) is 21.6 Å². The van der Waals surface area contributed by atoms with Gasteiger partial charge in [0.25, 0.3) is 0 Å². The molecule has 0 saturated carbocycles. The summed E-state index contributed by atoms with van der Waals surface area (Å²) in [5.74, 6) is 1.26. The molecule has 0 fully saturated rings. The van der Waals surface area contributed by atoms with Gasteiger partial charge in [0.05, 0.1) is 65.0 Å². The SMILES string of the molecule is CC(C)(C)OC(=O)COCCOCCOCCOCCOCCOC(=O)NCCSSCCNC(c1ccccc1)(c1ccccc1)c1ccccc1. The molecule has 3 rings (SSSR count). The summed E-state index contributed by atoms with van der Waals surface area (Å²) in [7, 11) is 3.49. The molecule has 0 aliphatic carbocycles. The summed E-state index contributed by atoms with van der Waals surface area (Å²) in [6.07, 6.45) is -0.454. The summed E-state index contributed by atoms with van der Waals surface area (Å²) >= 11 is 0. The second-order valence-corrected chi connectivity index (χ2v) is 15.3. The fourth-order valence-corrected chi connectivity index (χ4v) is 6.93. The lowest BCUT2D eigenvalue weighted by Crippen LogP contribution is -2.45. The maximum Gasteiger partial charge on any atom is 0.407 e. The van der Waals surface area contributed by atoms with Crippen molar-refractivity contribution in [2.45, 2.75) is 31.9 Å². The minimum atomic E-state index is -0.521. The first-order valence-electron chi connectivity index (χ1n) is 18.0. The van der Waals surface area contributed by atoms with Crippen molar-refractivity contribution in [1.29, 1.82) is 0 Å². The molecule has 2 N–H and O–H groups in total. The summed E-state index contributed by atoms with van der Waals surface area (Å²) in [5.41, 5.74) is 2.57. The molecular formula is C40H56N2O9S2.